The number of likely N-dealkylation sites (N-methyl/N-ethyl adjacent to an activating group) is 1. The van der Waals surface area contributed by atoms with Crippen molar-refractivity contribution >= 4 is 5.91 Å². The van der Waals surface area contributed by atoms with Gasteiger partial charge in [0, 0.05) is 32.4 Å². The molecule has 0 spiro atoms. The Kier molecular flexibility index (Phi) is 5.75. The highest BCUT2D eigenvalue weighted by Gasteiger charge is 2.32. The second-order valence-corrected chi connectivity index (χ2v) is 7.96. The van der Waals surface area contributed by atoms with Gasteiger partial charge in [0.1, 0.15) is 26.2 Å². The van der Waals surface area contributed by atoms with Crippen LogP contribution in [0, 0.1) is 5.92 Å². The van der Waals surface area contributed by atoms with Gasteiger partial charge in [0.05, 0.1) is 13.1 Å². The molecule has 4 heteroatoms. The molecule has 1 aliphatic carbocycles. The Morgan fingerprint density at radius 2 is 1.64 bits per heavy atom. The summed E-state index contributed by atoms with van der Waals surface area (Å²) in [7, 11) is 2.31. The summed E-state index contributed by atoms with van der Waals surface area (Å²) < 4.78 is 0. The summed E-state index contributed by atoms with van der Waals surface area (Å²) in [6.07, 6.45) is 9.91. The normalized spacial score (nSPS) is 31.6. The third-order valence-corrected chi connectivity index (χ3v) is 6.41. The van der Waals surface area contributed by atoms with E-state index in [4.69, 9.17) is 0 Å². The van der Waals surface area contributed by atoms with E-state index < -0.39 is 0 Å². The molecule has 0 aromatic rings. The summed E-state index contributed by atoms with van der Waals surface area (Å²) in [6.45, 7) is 7.31. The van der Waals surface area contributed by atoms with Crippen LogP contribution in [-0.4, -0.2) is 63.2 Å². The first kappa shape index (κ1) is 16.3. The Hall–Kier alpha value is -0.610. The van der Waals surface area contributed by atoms with Crippen molar-refractivity contribution in [3.05, 3.63) is 0 Å². The van der Waals surface area contributed by atoms with E-state index in [0.717, 1.165) is 37.9 Å². The van der Waals surface area contributed by atoms with Gasteiger partial charge in [-0.2, -0.15) is 0 Å². The minimum absolute atomic E-state index is 0.433. The number of carbonyl (C=O) groups excluding carboxylic acids is 1. The van der Waals surface area contributed by atoms with E-state index in [-0.39, 0.29) is 0 Å². The number of piperazine rings is 1. The van der Waals surface area contributed by atoms with Gasteiger partial charge in [-0.25, -0.2) is 0 Å². The number of likely N-dealkylation sites (tertiary alicyclic amines) is 1. The first-order chi connectivity index (χ1) is 10.7. The number of amides is 1. The Morgan fingerprint density at radius 1 is 1.00 bits per heavy atom. The smallest absolute Gasteiger partial charge is 0.222 e. The molecule has 1 amide bonds. The van der Waals surface area contributed by atoms with Gasteiger partial charge >= 0.3 is 0 Å². The summed E-state index contributed by atoms with van der Waals surface area (Å²) in [5.41, 5.74) is 0. The lowest BCUT2D eigenvalue weighted by atomic mass is 9.99. The number of hydrogen-bond acceptors (Lipinski definition) is 1. The van der Waals surface area contributed by atoms with E-state index >= 15 is 0 Å². The van der Waals surface area contributed by atoms with Crippen LogP contribution in [0.15, 0.2) is 0 Å². The number of hydrogen-bond donors (Lipinski definition) is 2. The van der Waals surface area contributed by atoms with E-state index in [2.05, 4.69) is 11.9 Å². The monoisotopic (exact) mass is 309 g/mol. The largest absolute Gasteiger partial charge is 0.342 e. The second-order valence-electron chi connectivity index (χ2n) is 7.96. The molecule has 126 valence electrons. The second kappa shape index (κ2) is 7.78. The summed E-state index contributed by atoms with van der Waals surface area (Å²) in [5.74, 6) is 1.28. The molecule has 3 rings (SSSR count). The van der Waals surface area contributed by atoms with Gasteiger partial charge in [-0.15, -0.1) is 0 Å². The van der Waals surface area contributed by atoms with Crippen LogP contribution in [0.4, 0.5) is 0 Å². The molecule has 4 nitrogen and oxygen atoms in total. The highest BCUT2D eigenvalue weighted by atomic mass is 16.2. The van der Waals surface area contributed by atoms with Crippen molar-refractivity contribution in [2.24, 2.45) is 5.92 Å². The van der Waals surface area contributed by atoms with Crippen molar-refractivity contribution in [1.29, 1.82) is 0 Å². The van der Waals surface area contributed by atoms with Crippen LogP contribution >= 0.6 is 0 Å². The zero-order valence-electron chi connectivity index (χ0n) is 14.4. The summed E-state index contributed by atoms with van der Waals surface area (Å²) in [5, 5.41) is 0. The molecule has 2 aliphatic heterocycles. The van der Waals surface area contributed by atoms with E-state index in [1.165, 1.54) is 64.7 Å². The molecule has 0 aromatic heterocycles. The summed E-state index contributed by atoms with van der Waals surface area (Å²) in [4.78, 5) is 18.0. The van der Waals surface area contributed by atoms with Gasteiger partial charge < -0.3 is 14.7 Å². The van der Waals surface area contributed by atoms with Gasteiger partial charge in [-0.3, -0.25) is 4.79 Å². The number of nitrogens with one attached hydrogen (secondary N) is 2. The van der Waals surface area contributed by atoms with Crippen molar-refractivity contribution in [3.8, 4) is 0 Å². The van der Waals surface area contributed by atoms with Crippen LogP contribution in [0.2, 0.25) is 0 Å². The van der Waals surface area contributed by atoms with E-state index in [1.54, 1.807) is 4.90 Å². The van der Waals surface area contributed by atoms with Crippen LogP contribution in [0.25, 0.3) is 0 Å². The standard InChI is InChI=1S/C18H33N3O/c1-19-12-14-20(15-13-19)17-8-10-21(11-9-17)18(22)7-6-16-4-2-3-5-16/h16-17H,2-15H2,1H3/p+2. The maximum absolute atomic E-state index is 12.4. The van der Waals surface area contributed by atoms with E-state index in [1.807, 2.05) is 4.90 Å². The zero-order valence-corrected chi connectivity index (χ0v) is 14.4. The van der Waals surface area contributed by atoms with Crippen molar-refractivity contribution in [2.75, 3.05) is 46.3 Å². The van der Waals surface area contributed by atoms with Gasteiger partial charge in [0.15, 0.2) is 0 Å². The maximum Gasteiger partial charge on any atom is 0.222 e. The van der Waals surface area contributed by atoms with Gasteiger partial charge in [-0.05, 0) is 12.3 Å². The third-order valence-electron chi connectivity index (χ3n) is 6.41. The molecule has 0 bridgehead atoms. The average Bonchev–Trinajstić information content (AvgIpc) is 3.07. The fraction of sp³-hybridized carbons (Fsp3) is 0.944. The van der Waals surface area contributed by atoms with Crippen molar-refractivity contribution in [2.45, 2.75) is 57.4 Å². The maximum atomic E-state index is 12.4. The molecule has 2 saturated heterocycles. The molecule has 0 radical (unpaired) electrons. The van der Waals surface area contributed by atoms with Crippen molar-refractivity contribution in [3.63, 3.8) is 0 Å². The quantitative estimate of drug-likeness (QED) is 0.711. The van der Waals surface area contributed by atoms with Gasteiger partial charge in [0.25, 0.3) is 0 Å². The number of carbonyl (C=O) groups is 1. The molecular weight excluding hydrogens is 274 g/mol. The van der Waals surface area contributed by atoms with Gasteiger partial charge in [0.2, 0.25) is 5.91 Å². The minimum Gasteiger partial charge on any atom is -0.342 e. The first-order valence-electron chi connectivity index (χ1n) is 9.66. The molecule has 3 fully saturated rings. The molecule has 1 saturated carbocycles. The van der Waals surface area contributed by atoms with Crippen LogP contribution in [0.3, 0.4) is 0 Å². The third kappa shape index (κ3) is 4.23. The topological polar surface area (TPSA) is 29.2 Å². The van der Waals surface area contributed by atoms with Crippen LogP contribution in [0.5, 0.6) is 0 Å². The predicted molar refractivity (Wildman–Crippen MR) is 88.1 cm³/mol. The summed E-state index contributed by atoms with van der Waals surface area (Å²) in [6, 6.07) is 0.812. The van der Waals surface area contributed by atoms with E-state index in [9.17, 15) is 4.79 Å². The molecule has 0 unspecified atom stereocenters. The molecule has 22 heavy (non-hydrogen) atoms. The minimum atomic E-state index is 0.433. The molecular formula is C18H35N3O+2. The first-order valence-corrected chi connectivity index (χ1v) is 9.66. The van der Waals surface area contributed by atoms with Crippen molar-refractivity contribution < 1.29 is 14.6 Å². The fourth-order valence-electron chi connectivity index (χ4n) is 4.73. The highest BCUT2D eigenvalue weighted by molar-refractivity contribution is 5.76. The molecule has 0 aromatic carbocycles. The van der Waals surface area contributed by atoms with Gasteiger partial charge in [-0.1, -0.05) is 25.7 Å². The zero-order chi connectivity index (χ0) is 15.4. The Bertz CT molecular complexity index is 351. The van der Waals surface area contributed by atoms with E-state index in [0.29, 0.717) is 5.91 Å². The van der Waals surface area contributed by atoms with Crippen LogP contribution in [0.1, 0.15) is 51.4 Å². The van der Waals surface area contributed by atoms with Crippen molar-refractivity contribution in [1.82, 2.24) is 4.90 Å². The number of nitrogens with zero attached hydrogens (tertiary/aromatic N) is 1. The predicted octanol–water partition coefficient (Wildman–Crippen LogP) is -0.639. The number of piperidine rings is 1. The van der Waals surface area contributed by atoms with Crippen LogP contribution < -0.4 is 9.80 Å². The lowest BCUT2D eigenvalue weighted by Crippen LogP contribution is -3.28. The fourth-order valence-corrected chi connectivity index (χ4v) is 4.73. The SMILES string of the molecule is C[NH+]1CC[NH+](C2CCN(C(=O)CCC3CCCC3)CC2)CC1. The number of quaternary nitrogens is 2. The number of rotatable bonds is 4. The Labute approximate surface area is 135 Å². The van der Waals surface area contributed by atoms with Crippen LogP contribution in [-0.2, 0) is 4.79 Å². The Morgan fingerprint density at radius 3 is 2.27 bits per heavy atom. The molecule has 2 N–H and O–H groups in total. The highest BCUT2D eigenvalue weighted by Crippen LogP contribution is 2.28. The average molecular weight is 309 g/mol. The molecule has 0 atom stereocenters. The summed E-state index contributed by atoms with van der Waals surface area (Å²) >= 11 is 0. The molecule has 2 heterocycles. The Balaban J connectivity index is 1.36. The lowest BCUT2D eigenvalue weighted by Gasteiger charge is -2.38. The molecule has 3 aliphatic rings. The lowest BCUT2D eigenvalue weighted by molar-refractivity contribution is -1.02.